The first kappa shape index (κ1) is 13.9. The highest BCUT2D eigenvalue weighted by Gasteiger charge is 2.11. The van der Waals surface area contributed by atoms with Gasteiger partial charge in [-0.15, -0.1) is 0 Å². The number of phenolic OH excluding ortho intramolecular Hbond substituents is 2. The van der Waals surface area contributed by atoms with Gasteiger partial charge < -0.3 is 14.6 Å². The number of aromatic amines is 1. The van der Waals surface area contributed by atoms with Crippen LogP contribution in [-0.2, 0) is 17.6 Å². The van der Waals surface area contributed by atoms with Crippen LogP contribution in [0.15, 0.2) is 45.6 Å². The Hall–Kier alpha value is -3.02. The third kappa shape index (κ3) is 2.85. The minimum Gasteiger partial charge on any atom is -0.508 e. The van der Waals surface area contributed by atoms with Crippen molar-refractivity contribution in [1.29, 1.82) is 0 Å². The molecule has 0 bridgehead atoms. The molecule has 0 amide bonds. The molecular weight excluding hydrogens is 286 g/mol. The van der Waals surface area contributed by atoms with Crippen molar-refractivity contribution >= 4 is 16.9 Å². The number of hydrogen-bond donors (Lipinski definition) is 3. The van der Waals surface area contributed by atoms with Crippen molar-refractivity contribution < 1.29 is 19.4 Å². The summed E-state index contributed by atoms with van der Waals surface area (Å²) < 4.78 is 4.95. The molecule has 3 aromatic rings. The summed E-state index contributed by atoms with van der Waals surface area (Å²) in [6.07, 6.45) is 0.148. The van der Waals surface area contributed by atoms with Gasteiger partial charge >= 0.3 is 5.76 Å². The van der Waals surface area contributed by atoms with Crippen LogP contribution in [0.1, 0.15) is 11.1 Å². The summed E-state index contributed by atoms with van der Waals surface area (Å²) in [5.74, 6) is -0.698. The van der Waals surface area contributed by atoms with Gasteiger partial charge in [-0.05, 0) is 35.9 Å². The second kappa shape index (κ2) is 5.40. The Labute approximate surface area is 124 Å². The van der Waals surface area contributed by atoms with Gasteiger partial charge in [-0.3, -0.25) is 9.78 Å². The third-order valence-electron chi connectivity index (χ3n) is 3.34. The number of fused-ring (bicyclic) bond motifs is 1. The van der Waals surface area contributed by atoms with E-state index in [0.29, 0.717) is 22.2 Å². The molecule has 0 fully saturated rings. The smallest absolute Gasteiger partial charge is 0.417 e. The molecule has 0 aliphatic heterocycles. The fourth-order valence-corrected chi connectivity index (χ4v) is 2.32. The number of hydrogen-bond acceptors (Lipinski definition) is 5. The van der Waals surface area contributed by atoms with Crippen LogP contribution in [0.5, 0.6) is 11.5 Å². The molecule has 0 radical (unpaired) electrons. The third-order valence-corrected chi connectivity index (χ3v) is 3.34. The fourth-order valence-electron chi connectivity index (χ4n) is 2.32. The topological polar surface area (TPSA) is 104 Å². The predicted octanol–water partition coefficient (Wildman–Crippen LogP) is 1.89. The monoisotopic (exact) mass is 299 g/mol. The Morgan fingerprint density at radius 3 is 2.73 bits per heavy atom. The largest absolute Gasteiger partial charge is 0.508 e. The van der Waals surface area contributed by atoms with Crippen LogP contribution in [0.3, 0.4) is 0 Å². The zero-order chi connectivity index (χ0) is 15.7. The van der Waals surface area contributed by atoms with Gasteiger partial charge in [0.2, 0.25) is 0 Å². The van der Waals surface area contributed by atoms with E-state index in [9.17, 15) is 19.8 Å². The number of aromatic hydroxyl groups is 2. The highest BCUT2D eigenvalue weighted by Crippen LogP contribution is 2.23. The molecule has 3 N–H and O–H groups in total. The molecule has 0 aliphatic carbocycles. The van der Waals surface area contributed by atoms with Gasteiger partial charge in [-0.1, -0.05) is 6.07 Å². The zero-order valence-electron chi connectivity index (χ0n) is 11.5. The lowest BCUT2D eigenvalue weighted by atomic mass is 10.0. The van der Waals surface area contributed by atoms with Gasteiger partial charge in [-0.25, -0.2) is 4.79 Å². The summed E-state index contributed by atoms with van der Waals surface area (Å²) in [5, 5.41) is 19.1. The highest BCUT2D eigenvalue weighted by atomic mass is 16.4. The molecule has 1 aromatic heterocycles. The van der Waals surface area contributed by atoms with Gasteiger partial charge in [0, 0.05) is 18.4 Å². The molecule has 0 spiro atoms. The molecule has 6 nitrogen and oxygen atoms in total. The quantitative estimate of drug-likeness (QED) is 0.638. The van der Waals surface area contributed by atoms with E-state index in [1.165, 1.54) is 18.2 Å². The maximum Gasteiger partial charge on any atom is 0.417 e. The number of Topliss-reactive ketones (excluding diaryl/α,β-unsaturated/α-hetero) is 1. The molecule has 0 saturated carbocycles. The SMILES string of the molecule is O=C(Cc1ccc2[nH]c(=O)oc2c1)Cc1cc(O)ccc1O. The van der Waals surface area contributed by atoms with E-state index in [1.54, 1.807) is 18.2 Å². The fraction of sp³-hybridized carbons (Fsp3) is 0.125. The molecule has 0 aliphatic rings. The maximum atomic E-state index is 12.1. The van der Waals surface area contributed by atoms with E-state index in [4.69, 9.17) is 4.42 Å². The Morgan fingerprint density at radius 1 is 1.09 bits per heavy atom. The molecular formula is C16H13NO5. The number of rotatable bonds is 4. The molecule has 1 heterocycles. The molecule has 0 atom stereocenters. The number of carbonyl (C=O) groups is 1. The molecule has 6 heteroatoms. The summed E-state index contributed by atoms with van der Waals surface area (Å²) in [6.45, 7) is 0. The normalized spacial score (nSPS) is 10.9. The standard InChI is InChI=1S/C16H13NO5/c18-11-2-4-14(20)10(7-11)8-12(19)5-9-1-3-13-15(6-9)22-16(21)17-13/h1-4,6-7,18,20H,5,8H2,(H,17,21). The van der Waals surface area contributed by atoms with Gasteiger partial charge in [0.1, 0.15) is 17.3 Å². The minimum absolute atomic E-state index is 0.00359. The summed E-state index contributed by atoms with van der Waals surface area (Å²) in [6, 6.07) is 9.10. The Bertz CT molecular complexity index is 906. The summed E-state index contributed by atoms with van der Waals surface area (Å²) >= 11 is 0. The van der Waals surface area contributed by atoms with Crippen LogP contribution in [0.25, 0.3) is 11.1 Å². The van der Waals surface area contributed by atoms with Gasteiger partial charge in [0.05, 0.1) is 5.52 Å². The molecule has 0 saturated heterocycles. The van der Waals surface area contributed by atoms with Crippen molar-refractivity contribution in [3.63, 3.8) is 0 Å². The summed E-state index contributed by atoms with van der Waals surface area (Å²) in [4.78, 5) is 25.7. The van der Waals surface area contributed by atoms with Gasteiger partial charge in [0.25, 0.3) is 0 Å². The van der Waals surface area contributed by atoms with Crippen LogP contribution < -0.4 is 5.76 Å². The van der Waals surface area contributed by atoms with Crippen LogP contribution in [0, 0.1) is 0 Å². The average Bonchev–Trinajstić information content (AvgIpc) is 2.82. The van der Waals surface area contributed by atoms with Crippen LogP contribution in [0.4, 0.5) is 0 Å². The van der Waals surface area contributed by atoms with E-state index < -0.39 is 5.76 Å². The molecule has 2 aromatic carbocycles. The molecule has 22 heavy (non-hydrogen) atoms. The van der Waals surface area contributed by atoms with Crippen molar-refractivity contribution in [2.45, 2.75) is 12.8 Å². The van der Waals surface area contributed by atoms with E-state index in [1.807, 2.05) is 0 Å². The molecule has 3 rings (SSSR count). The Kier molecular flexibility index (Phi) is 3.42. The first-order valence-electron chi connectivity index (χ1n) is 6.65. The number of nitrogens with one attached hydrogen (secondary N) is 1. The van der Waals surface area contributed by atoms with E-state index in [2.05, 4.69) is 4.98 Å². The maximum absolute atomic E-state index is 12.1. The average molecular weight is 299 g/mol. The van der Waals surface area contributed by atoms with Crippen LogP contribution in [0.2, 0.25) is 0 Å². The van der Waals surface area contributed by atoms with E-state index in [-0.39, 0.29) is 30.1 Å². The molecule has 112 valence electrons. The lowest BCUT2D eigenvalue weighted by Gasteiger charge is -2.05. The van der Waals surface area contributed by atoms with Gasteiger partial charge in [-0.2, -0.15) is 0 Å². The van der Waals surface area contributed by atoms with Crippen molar-refractivity contribution in [2.75, 3.05) is 0 Å². The number of carbonyl (C=O) groups excluding carboxylic acids is 1. The van der Waals surface area contributed by atoms with Crippen LogP contribution >= 0.6 is 0 Å². The van der Waals surface area contributed by atoms with Crippen LogP contribution in [-0.4, -0.2) is 21.0 Å². The number of phenols is 2. The summed E-state index contributed by atoms with van der Waals surface area (Å²) in [7, 11) is 0. The predicted molar refractivity (Wildman–Crippen MR) is 79.0 cm³/mol. The Balaban J connectivity index is 1.77. The number of oxazole rings is 1. The van der Waals surface area contributed by atoms with Crippen molar-refractivity contribution in [1.82, 2.24) is 4.98 Å². The zero-order valence-corrected chi connectivity index (χ0v) is 11.5. The van der Waals surface area contributed by atoms with Crippen molar-refractivity contribution in [3.8, 4) is 11.5 Å². The highest BCUT2D eigenvalue weighted by molar-refractivity contribution is 5.85. The number of H-pyrrole nitrogens is 1. The van der Waals surface area contributed by atoms with Gasteiger partial charge in [0.15, 0.2) is 5.58 Å². The number of ketones is 1. The van der Waals surface area contributed by atoms with E-state index >= 15 is 0 Å². The lowest BCUT2D eigenvalue weighted by molar-refractivity contribution is -0.117. The van der Waals surface area contributed by atoms with E-state index in [0.717, 1.165) is 0 Å². The van der Waals surface area contributed by atoms with Crippen molar-refractivity contribution in [3.05, 3.63) is 58.1 Å². The second-order valence-corrected chi connectivity index (χ2v) is 5.05. The second-order valence-electron chi connectivity index (χ2n) is 5.05. The number of benzene rings is 2. The minimum atomic E-state index is -0.539. The lowest BCUT2D eigenvalue weighted by Crippen LogP contribution is -2.06. The Morgan fingerprint density at radius 2 is 1.91 bits per heavy atom. The number of aromatic nitrogens is 1. The first-order valence-corrected chi connectivity index (χ1v) is 6.65. The van der Waals surface area contributed by atoms with Crippen molar-refractivity contribution in [2.24, 2.45) is 0 Å². The molecule has 0 unspecified atom stereocenters. The summed E-state index contributed by atoms with van der Waals surface area (Å²) in [5.41, 5.74) is 2.06. The first-order chi connectivity index (χ1) is 10.5.